The van der Waals surface area contributed by atoms with Crippen molar-refractivity contribution >= 4 is 12.1 Å². The Bertz CT molecular complexity index is 836. The molecule has 2 aromatic rings. The molecular weight excluding hydrogens is 363 g/mol. The lowest BCUT2D eigenvalue weighted by atomic mass is 10.0. The molecule has 3 rings (SSSR count). The van der Waals surface area contributed by atoms with Crippen LogP contribution in [0.4, 0.5) is 18.0 Å². The summed E-state index contributed by atoms with van der Waals surface area (Å²) in [6, 6.07) is 10.7. The number of benzene rings is 2. The van der Waals surface area contributed by atoms with E-state index in [1.165, 1.54) is 0 Å². The summed E-state index contributed by atoms with van der Waals surface area (Å²) in [6.45, 7) is 0. The van der Waals surface area contributed by atoms with Crippen LogP contribution < -0.4 is 0 Å². The minimum Gasteiger partial charge on any atom is -0.480 e. The third-order valence-electron chi connectivity index (χ3n) is 4.51. The molecule has 5 nitrogen and oxygen atoms in total. The first kappa shape index (κ1) is 18.8. The van der Waals surface area contributed by atoms with Gasteiger partial charge in [-0.3, -0.25) is 4.90 Å². The van der Waals surface area contributed by atoms with Gasteiger partial charge in [-0.15, -0.1) is 0 Å². The van der Waals surface area contributed by atoms with Crippen LogP contribution in [0.15, 0.2) is 48.5 Å². The molecule has 142 valence electrons. The quantitative estimate of drug-likeness (QED) is 0.863. The average molecular weight is 379 g/mol. The summed E-state index contributed by atoms with van der Waals surface area (Å²) in [6.07, 6.45) is -7.59. The Morgan fingerprint density at radius 1 is 1.07 bits per heavy atom. The van der Waals surface area contributed by atoms with Crippen LogP contribution in [0.1, 0.15) is 23.6 Å². The van der Waals surface area contributed by atoms with Gasteiger partial charge in [-0.2, -0.15) is 13.2 Å². The fourth-order valence-electron chi connectivity index (χ4n) is 3.47. The molecular formula is C19H16F3NO4. The van der Waals surface area contributed by atoms with Gasteiger partial charge in [0.15, 0.2) is 0 Å². The molecule has 1 aliphatic carbocycles. The number of carboxylic acid groups (broad SMARTS) is 1. The standard InChI is InChI=1S/C19H16F3NO4/c1-27-18(26)23(15(17(24)25)10-19(20,21)22)16-13-8-4-2-6-11(13)12-7-3-5-9-14(12)16/h2-9,15-16H,10H2,1H3,(H,24,25)/t15-/m0/s1. The number of halogens is 3. The van der Waals surface area contributed by atoms with Crippen molar-refractivity contribution in [3.05, 3.63) is 59.7 Å². The van der Waals surface area contributed by atoms with Gasteiger partial charge in [0.05, 0.1) is 19.6 Å². The molecule has 0 heterocycles. The number of hydrogen-bond donors (Lipinski definition) is 1. The van der Waals surface area contributed by atoms with Crippen molar-refractivity contribution < 1.29 is 32.6 Å². The Balaban J connectivity index is 2.18. The molecule has 1 atom stereocenters. The minimum atomic E-state index is -4.77. The molecule has 0 aliphatic heterocycles. The highest BCUT2D eigenvalue weighted by molar-refractivity contribution is 5.85. The zero-order chi connectivity index (χ0) is 19.8. The molecule has 0 fully saturated rings. The number of carbonyl (C=O) groups is 2. The molecule has 0 saturated carbocycles. The monoisotopic (exact) mass is 379 g/mol. The molecule has 0 saturated heterocycles. The summed E-state index contributed by atoms with van der Waals surface area (Å²) in [4.78, 5) is 24.8. The number of rotatable bonds is 4. The van der Waals surface area contributed by atoms with Crippen LogP contribution in [0.25, 0.3) is 11.1 Å². The van der Waals surface area contributed by atoms with Crippen molar-refractivity contribution in [2.24, 2.45) is 0 Å². The minimum absolute atomic E-state index is 0.553. The maximum atomic E-state index is 13.0. The van der Waals surface area contributed by atoms with E-state index in [0.717, 1.165) is 18.2 Å². The highest BCUT2D eigenvalue weighted by Gasteiger charge is 2.46. The highest BCUT2D eigenvalue weighted by atomic mass is 19.4. The fraction of sp³-hybridized carbons (Fsp3) is 0.263. The summed E-state index contributed by atoms with van der Waals surface area (Å²) in [5, 5.41) is 9.46. The zero-order valence-electron chi connectivity index (χ0n) is 14.2. The van der Waals surface area contributed by atoms with Crippen LogP contribution in [-0.2, 0) is 9.53 Å². The van der Waals surface area contributed by atoms with Crippen molar-refractivity contribution in [3.8, 4) is 11.1 Å². The normalized spacial score (nSPS) is 14.2. The summed E-state index contributed by atoms with van der Waals surface area (Å²) in [7, 11) is 1.01. The van der Waals surface area contributed by atoms with Crippen molar-refractivity contribution in [2.75, 3.05) is 7.11 Å². The van der Waals surface area contributed by atoms with Crippen LogP contribution in [-0.4, -0.2) is 41.4 Å². The average Bonchev–Trinajstić information content (AvgIpc) is 2.95. The molecule has 0 radical (unpaired) electrons. The Labute approximate surface area is 153 Å². The van der Waals surface area contributed by atoms with Crippen LogP contribution in [0.3, 0.4) is 0 Å². The van der Waals surface area contributed by atoms with Crippen molar-refractivity contribution in [2.45, 2.75) is 24.7 Å². The number of hydrogen-bond acceptors (Lipinski definition) is 3. The molecule has 0 spiro atoms. The Kier molecular flexibility index (Phi) is 4.82. The van der Waals surface area contributed by atoms with Gasteiger partial charge in [0.2, 0.25) is 0 Å². The van der Waals surface area contributed by atoms with E-state index in [4.69, 9.17) is 0 Å². The van der Waals surface area contributed by atoms with Crippen molar-refractivity contribution in [1.29, 1.82) is 0 Å². The number of alkyl halides is 3. The summed E-state index contributed by atoms with van der Waals surface area (Å²) >= 11 is 0. The van der Waals surface area contributed by atoms with E-state index in [1.54, 1.807) is 48.5 Å². The second-order valence-corrected chi connectivity index (χ2v) is 6.13. The molecule has 8 heteroatoms. The lowest BCUT2D eigenvalue weighted by Gasteiger charge is -2.34. The van der Waals surface area contributed by atoms with Crippen LogP contribution in [0.5, 0.6) is 0 Å². The second-order valence-electron chi connectivity index (χ2n) is 6.13. The molecule has 0 aromatic heterocycles. The van der Waals surface area contributed by atoms with E-state index in [-0.39, 0.29) is 0 Å². The SMILES string of the molecule is COC(=O)N(C1c2ccccc2-c2ccccc21)[C@@H](CC(F)(F)F)C(=O)O. The molecule has 27 heavy (non-hydrogen) atoms. The smallest absolute Gasteiger partial charge is 0.411 e. The molecule has 0 unspecified atom stereocenters. The molecule has 1 aliphatic rings. The highest BCUT2D eigenvalue weighted by Crippen LogP contribution is 2.47. The molecule has 2 aromatic carbocycles. The van der Waals surface area contributed by atoms with Gasteiger partial charge in [-0.05, 0) is 22.3 Å². The van der Waals surface area contributed by atoms with Gasteiger partial charge in [-0.25, -0.2) is 9.59 Å². The largest absolute Gasteiger partial charge is 0.480 e. The molecule has 1 N–H and O–H groups in total. The van der Waals surface area contributed by atoms with E-state index in [9.17, 15) is 27.9 Å². The Hall–Kier alpha value is -3.03. The zero-order valence-corrected chi connectivity index (χ0v) is 14.2. The summed E-state index contributed by atoms with van der Waals surface area (Å²) in [5.74, 6) is -1.75. The Morgan fingerprint density at radius 3 is 1.96 bits per heavy atom. The van der Waals surface area contributed by atoms with E-state index >= 15 is 0 Å². The van der Waals surface area contributed by atoms with Gasteiger partial charge >= 0.3 is 18.2 Å². The first-order valence-corrected chi connectivity index (χ1v) is 8.08. The van der Waals surface area contributed by atoms with Gasteiger partial charge in [0, 0.05) is 0 Å². The number of carbonyl (C=O) groups excluding carboxylic acids is 1. The number of aliphatic carboxylic acids is 1. The number of nitrogens with zero attached hydrogens (tertiary/aromatic N) is 1. The third kappa shape index (κ3) is 3.47. The van der Waals surface area contributed by atoms with Gasteiger partial charge < -0.3 is 9.84 Å². The predicted molar refractivity (Wildman–Crippen MR) is 90.1 cm³/mol. The van der Waals surface area contributed by atoms with Crippen LogP contribution >= 0.6 is 0 Å². The number of fused-ring (bicyclic) bond motifs is 3. The van der Waals surface area contributed by atoms with E-state index in [1.807, 2.05) is 0 Å². The van der Waals surface area contributed by atoms with E-state index in [0.29, 0.717) is 16.0 Å². The topological polar surface area (TPSA) is 66.8 Å². The fourth-order valence-corrected chi connectivity index (χ4v) is 3.47. The summed E-state index contributed by atoms with van der Waals surface area (Å²) < 4.78 is 43.7. The number of amides is 1. The van der Waals surface area contributed by atoms with Crippen LogP contribution in [0, 0.1) is 0 Å². The van der Waals surface area contributed by atoms with Gasteiger partial charge in [-0.1, -0.05) is 48.5 Å². The van der Waals surface area contributed by atoms with Crippen molar-refractivity contribution in [1.82, 2.24) is 4.90 Å². The maximum absolute atomic E-state index is 13.0. The summed E-state index contributed by atoms with van der Waals surface area (Å²) in [5.41, 5.74) is 2.58. The van der Waals surface area contributed by atoms with E-state index in [2.05, 4.69) is 4.74 Å². The van der Waals surface area contributed by atoms with Crippen LogP contribution in [0.2, 0.25) is 0 Å². The maximum Gasteiger partial charge on any atom is 0.411 e. The number of ether oxygens (including phenoxy) is 1. The van der Waals surface area contributed by atoms with Gasteiger partial charge in [0.25, 0.3) is 0 Å². The molecule has 1 amide bonds. The second kappa shape index (κ2) is 6.94. The number of methoxy groups -OCH3 is 1. The first-order chi connectivity index (χ1) is 12.7. The lowest BCUT2D eigenvalue weighted by Crippen LogP contribution is -2.49. The van der Waals surface area contributed by atoms with E-state index < -0.39 is 36.7 Å². The predicted octanol–water partition coefficient (Wildman–Crippen LogP) is 4.23. The third-order valence-corrected chi connectivity index (χ3v) is 4.51. The number of carboxylic acids is 1. The first-order valence-electron chi connectivity index (χ1n) is 8.08. The van der Waals surface area contributed by atoms with Gasteiger partial charge in [0.1, 0.15) is 6.04 Å². The molecule has 0 bridgehead atoms. The van der Waals surface area contributed by atoms with Crippen molar-refractivity contribution in [3.63, 3.8) is 0 Å². The lowest BCUT2D eigenvalue weighted by molar-refractivity contribution is -0.166. The Morgan fingerprint density at radius 2 is 1.56 bits per heavy atom.